The second-order valence-corrected chi connectivity index (χ2v) is 6.14. The van der Waals surface area contributed by atoms with Gasteiger partial charge in [-0.15, -0.1) is 0 Å². The Bertz CT molecular complexity index is 279. The number of rotatable bonds is 4. The zero-order valence-corrected chi connectivity index (χ0v) is 11.8. The van der Waals surface area contributed by atoms with Crippen molar-refractivity contribution in [1.82, 2.24) is 5.32 Å². The highest BCUT2D eigenvalue weighted by molar-refractivity contribution is 5.83. The maximum atomic E-state index is 12.4. The van der Waals surface area contributed by atoms with Crippen molar-refractivity contribution < 1.29 is 9.53 Å². The first kappa shape index (κ1) is 14.0. The Morgan fingerprint density at radius 3 is 2.78 bits per heavy atom. The molecule has 1 saturated carbocycles. The molecule has 104 valence electrons. The van der Waals surface area contributed by atoms with E-state index in [1.54, 1.807) is 0 Å². The summed E-state index contributed by atoms with van der Waals surface area (Å²) in [5, 5.41) is 3.11. The van der Waals surface area contributed by atoms with Gasteiger partial charge in [-0.1, -0.05) is 26.2 Å². The zero-order valence-electron chi connectivity index (χ0n) is 11.8. The molecular formula is C15H27NO2. The summed E-state index contributed by atoms with van der Waals surface area (Å²) in [5.74, 6) is 0.816. The summed E-state index contributed by atoms with van der Waals surface area (Å²) in [5.41, 5.74) is 0.0518. The van der Waals surface area contributed by atoms with Gasteiger partial charge in [-0.3, -0.25) is 4.79 Å². The first-order valence-electron chi connectivity index (χ1n) is 7.49. The topological polar surface area (TPSA) is 38.3 Å². The van der Waals surface area contributed by atoms with Gasteiger partial charge in [0.25, 0.3) is 0 Å². The van der Waals surface area contributed by atoms with Crippen molar-refractivity contribution >= 4 is 5.78 Å². The van der Waals surface area contributed by atoms with Gasteiger partial charge in [0.1, 0.15) is 5.78 Å². The fraction of sp³-hybridized carbons (Fsp3) is 0.933. The molecule has 3 nitrogen and oxygen atoms in total. The third kappa shape index (κ3) is 3.12. The van der Waals surface area contributed by atoms with Gasteiger partial charge in [0.15, 0.2) is 0 Å². The summed E-state index contributed by atoms with van der Waals surface area (Å²) < 4.78 is 6.06. The predicted molar refractivity (Wildman–Crippen MR) is 72.6 cm³/mol. The third-order valence-corrected chi connectivity index (χ3v) is 4.66. The number of hydrogen-bond donors (Lipinski definition) is 1. The molecule has 0 amide bonds. The van der Waals surface area contributed by atoms with Crippen LogP contribution in [-0.2, 0) is 9.53 Å². The second-order valence-electron chi connectivity index (χ2n) is 6.14. The standard InChI is InChI=1S/C15H27NO2/c1-12(11-16-2)14(17)13-6-9-18-15(10-13)7-4-3-5-8-15/h12-13,16H,3-11H2,1-2H3. The Morgan fingerprint density at radius 2 is 2.11 bits per heavy atom. The van der Waals surface area contributed by atoms with E-state index in [0.717, 1.165) is 38.8 Å². The van der Waals surface area contributed by atoms with E-state index in [0.29, 0.717) is 5.78 Å². The monoisotopic (exact) mass is 253 g/mol. The smallest absolute Gasteiger partial charge is 0.140 e. The summed E-state index contributed by atoms with van der Waals surface area (Å²) in [4.78, 5) is 12.4. The quantitative estimate of drug-likeness (QED) is 0.836. The molecule has 2 aliphatic rings. The van der Waals surface area contributed by atoms with Gasteiger partial charge in [0, 0.05) is 25.0 Å². The number of ketones is 1. The third-order valence-electron chi connectivity index (χ3n) is 4.66. The fourth-order valence-electron chi connectivity index (χ4n) is 3.62. The van der Waals surface area contributed by atoms with E-state index in [4.69, 9.17) is 4.74 Å². The molecule has 1 aliphatic carbocycles. The van der Waals surface area contributed by atoms with E-state index in [2.05, 4.69) is 5.32 Å². The average Bonchev–Trinajstić information content (AvgIpc) is 2.39. The van der Waals surface area contributed by atoms with Crippen molar-refractivity contribution in [3.05, 3.63) is 0 Å². The number of carbonyl (C=O) groups excluding carboxylic acids is 1. The normalized spacial score (nSPS) is 29.1. The van der Waals surface area contributed by atoms with Gasteiger partial charge in [-0.2, -0.15) is 0 Å². The van der Waals surface area contributed by atoms with Crippen LogP contribution < -0.4 is 5.32 Å². The Kier molecular flexibility index (Phi) is 4.79. The van der Waals surface area contributed by atoms with Gasteiger partial charge in [0.05, 0.1) is 5.60 Å². The Balaban J connectivity index is 1.95. The van der Waals surface area contributed by atoms with Crippen LogP contribution in [0.3, 0.4) is 0 Å². The highest BCUT2D eigenvalue weighted by Crippen LogP contribution is 2.41. The van der Waals surface area contributed by atoms with Crippen LogP contribution in [0.4, 0.5) is 0 Å². The number of carbonyl (C=O) groups is 1. The zero-order chi connectivity index (χ0) is 13.0. The predicted octanol–water partition coefficient (Wildman–Crippen LogP) is 2.54. The van der Waals surface area contributed by atoms with E-state index in [1.807, 2.05) is 14.0 Å². The lowest BCUT2D eigenvalue weighted by Crippen LogP contribution is -2.44. The number of nitrogens with one attached hydrogen (secondary N) is 1. The fourth-order valence-corrected chi connectivity index (χ4v) is 3.62. The van der Waals surface area contributed by atoms with E-state index in [9.17, 15) is 4.79 Å². The first-order chi connectivity index (χ1) is 8.67. The van der Waals surface area contributed by atoms with Crippen LogP contribution in [0.15, 0.2) is 0 Å². The maximum Gasteiger partial charge on any atom is 0.140 e. The minimum atomic E-state index is 0.0518. The molecule has 18 heavy (non-hydrogen) atoms. The average molecular weight is 253 g/mol. The van der Waals surface area contributed by atoms with Crippen LogP contribution in [0.5, 0.6) is 0 Å². The van der Waals surface area contributed by atoms with Crippen molar-refractivity contribution in [3.8, 4) is 0 Å². The summed E-state index contributed by atoms with van der Waals surface area (Å²) >= 11 is 0. The molecule has 0 bridgehead atoms. The molecule has 1 heterocycles. The minimum Gasteiger partial charge on any atom is -0.375 e. The van der Waals surface area contributed by atoms with Crippen LogP contribution in [0, 0.1) is 11.8 Å². The van der Waals surface area contributed by atoms with E-state index in [-0.39, 0.29) is 17.4 Å². The molecule has 0 aromatic carbocycles. The molecule has 2 unspecified atom stereocenters. The molecule has 1 saturated heterocycles. The molecule has 0 aromatic rings. The van der Waals surface area contributed by atoms with Crippen molar-refractivity contribution in [1.29, 1.82) is 0 Å². The number of hydrogen-bond acceptors (Lipinski definition) is 3. The SMILES string of the molecule is CNCC(C)C(=O)C1CCOC2(CCCCC2)C1. The molecule has 1 aliphatic heterocycles. The molecular weight excluding hydrogens is 226 g/mol. The number of Topliss-reactive ketones (excluding diaryl/α,β-unsaturated/α-hetero) is 1. The summed E-state index contributed by atoms with van der Waals surface area (Å²) in [6, 6.07) is 0. The van der Waals surface area contributed by atoms with E-state index < -0.39 is 0 Å². The molecule has 2 atom stereocenters. The molecule has 1 N–H and O–H groups in total. The molecule has 2 rings (SSSR count). The summed E-state index contributed by atoms with van der Waals surface area (Å²) in [7, 11) is 1.91. The van der Waals surface area contributed by atoms with Gasteiger partial charge < -0.3 is 10.1 Å². The lowest BCUT2D eigenvalue weighted by Gasteiger charge is -2.43. The van der Waals surface area contributed by atoms with Gasteiger partial charge in [-0.25, -0.2) is 0 Å². The van der Waals surface area contributed by atoms with Crippen molar-refractivity contribution in [2.24, 2.45) is 11.8 Å². The highest BCUT2D eigenvalue weighted by atomic mass is 16.5. The second kappa shape index (κ2) is 6.16. The number of ether oxygens (including phenoxy) is 1. The van der Waals surface area contributed by atoms with E-state index >= 15 is 0 Å². The maximum absolute atomic E-state index is 12.4. The van der Waals surface area contributed by atoms with Crippen molar-refractivity contribution in [2.45, 2.75) is 57.5 Å². The van der Waals surface area contributed by atoms with Crippen molar-refractivity contribution in [3.63, 3.8) is 0 Å². The Morgan fingerprint density at radius 1 is 1.39 bits per heavy atom. The van der Waals surface area contributed by atoms with Crippen molar-refractivity contribution in [2.75, 3.05) is 20.2 Å². The van der Waals surface area contributed by atoms with Crippen LogP contribution >= 0.6 is 0 Å². The lowest BCUT2D eigenvalue weighted by atomic mass is 9.73. The first-order valence-corrected chi connectivity index (χ1v) is 7.49. The van der Waals surface area contributed by atoms with Crippen LogP contribution in [-0.4, -0.2) is 31.6 Å². The van der Waals surface area contributed by atoms with Crippen LogP contribution in [0.2, 0.25) is 0 Å². The van der Waals surface area contributed by atoms with Gasteiger partial charge in [0.2, 0.25) is 0 Å². The summed E-state index contributed by atoms with van der Waals surface area (Å²) in [6.07, 6.45) is 8.10. The van der Waals surface area contributed by atoms with Gasteiger partial charge in [-0.05, 0) is 32.7 Å². The molecule has 0 aromatic heterocycles. The molecule has 3 heteroatoms. The molecule has 0 radical (unpaired) electrons. The molecule has 1 spiro atoms. The summed E-state index contributed by atoms with van der Waals surface area (Å²) in [6.45, 7) is 3.62. The lowest BCUT2D eigenvalue weighted by molar-refractivity contribution is -0.145. The minimum absolute atomic E-state index is 0.0518. The largest absolute Gasteiger partial charge is 0.375 e. The van der Waals surface area contributed by atoms with E-state index in [1.165, 1.54) is 19.3 Å². The molecule has 2 fully saturated rings. The Hall–Kier alpha value is -0.410. The van der Waals surface area contributed by atoms with Crippen LogP contribution in [0.25, 0.3) is 0 Å². The Labute approximate surface area is 111 Å². The van der Waals surface area contributed by atoms with Gasteiger partial charge >= 0.3 is 0 Å². The van der Waals surface area contributed by atoms with Crippen LogP contribution in [0.1, 0.15) is 51.9 Å². The highest BCUT2D eigenvalue weighted by Gasteiger charge is 2.41.